The minimum Gasteiger partial charge on any atom is -0.348 e. The van der Waals surface area contributed by atoms with Gasteiger partial charge in [0.2, 0.25) is 0 Å². The second-order valence-corrected chi connectivity index (χ2v) is 5.68. The fourth-order valence-electron chi connectivity index (χ4n) is 1.58. The van der Waals surface area contributed by atoms with Crippen molar-refractivity contribution in [3.05, 3.63) is 0 Å². The summed E-state index contributed by atoms with van der Waals surface area (Å²) in [5.74, 6) is -0.497. The van der Waals surface area contributed by atoms with E-state index in [9.17, 15) is 0 Å². The monoisotopic (exact) mass is 250 g/mol. The molecule has 2 aliphatic heterocycles. The van der Waals surface area contributed by atoms with Crippen LogP contribution in [-0.4, -0.2) is 37.8 Å². The van der Waals surface area contributed by atoms with Gasteiger partial charge >= 0.3 is 8.60 Å². The van der Waals surface area contributed by atoms with E-state index in [1.54, 1.807) is 0 Å². The first-order chi connectivity index (χ1) is 7.55. The molecule has 5 nitrogen and oxygen atoms in total. The quantitative estimate of drug-likeness (QED) is 0.718. The molecule has 0 aromatic heterocycles. The van der Waals surface area contributed by atoms with Crippen molar-refractivity contribution < 1.29 is 23.0 Å². The van der Waals surface area contributed by atoms with E-state index in [4.69, 9.17) is 23.0 Å². The van der Waals surface area contributed by atoms with Gasteiger partial charge in [-0.3, -0.25) is 0 Å². The van der Waals surface area contributed by atoms with E-state index in [1.165, 1.54) is 0 Å². The molecular weight excluding hydrogens is 231 g/mol. The van der Waals surface area contributed by atoms with Gasteiger partial charge in [-0.05, 0) is 27.2 Å². The van der Waals surface area contributed by atoms with Crippen molar-refractivity contribution in [1.29, 1.82) is 0 Å². The highest BCUT2D eigenvalue weighted by Crippen LogP contribution is 2.45. The standard InChI is InChI=1S/C10H19O5P/c1-8-4-5-12-16(15-8)13-7-9-6-11-10(2,3)14-9/h8-9H,4-7H2,1-3H3. The van der Waals surface area contributed by atoms with Crippen molar-refractivity contribution >= 4 is 8.60 Å². The van der Waals surface area contributed by atoms with Crippen LogP contribution >= 0.6 is 8.60 Å². The Morgan fingerprint density at radius 2 is 2.25 bits per heavy atom. The summed E-state index contributed by atoms with van der Waals surface area (Å²) in [6, 6.07) is 0. The van der Waals surface area contributed by atoms with E-state index in [0.29, 0.717) is 19.8 Å². The maximum absolute atomic E-state index is 5.62. The largest absolute Gasteiger partial charge is 0.348 e. The molecule has 0 aliphatic carbocycles. The van der Waals surface area contributed by atoms with Crippen LogP contribution in [0.25, 0.3) is 0 Å². The van der Waals surface area contributed by atoms with Crippen LogP contribution in [0.2, 0.25) is 0 Å². The molecule has 0 bridgehead atoms. The van der Waals surface area contributed by atoms with E-state index in [1.807, 2.05) is 20.8 Å². The van der Waals surface area contributed by atoms with E-state index in [-0.39, 0.29) is 12.2 Å². The van der Waals surface area contributed by atoms with Crippen molar-refractivity contribution in [1.82, 2.24) is 0 Å². The van der Waals surface area contributed by atoms with Crippen LogP contribution in [0.5, 0.6) is 0 Å². The Kier molecular flexibility index (Phi) is 4.16. The Morgan fingerprint density at radius 3 is 2.88 bits per heavy atom. The zero-order chi connectivity index (χ0) is 11.6. The van der Waals surface area contributed by atoms with Crippen molar-refractivity contribution in [2.45, 2.75) is 45.2 Å². The third-order valence-corrected chi connectivity index (χ3v) is 3.71. The van der Waals surface area contributed by atoms with Crippen LogP contribution in [-0.2, 0) is 23.0 Å². The van der Waals surface area contributed by atoms with Crippen LogP contribution in [0, 0.1) is 0 Å². The molecule has 0 N–H and O–H groups in total. The molecule has 2 rings (SSSR count). The fraction of sp³-hybridized carbons (Fsp3) is 1.00. The maximum Gasteiger partial charge on any atom is 0.333 e. The molecule has 0 aromatic carbocycles. The number of rotatable bonds is 3. The Hall–Kier alpha value is 0.230. The molecule has 0 spiro atoms. The van der Waals surface area contributed by atoms with Crippen LogP contribution in [0.3, 0.4) is 0 Å². The van der Waals surface area contributed by atoms with Crippen molar-refractivity contribution in [3.8, 4) is 0 Å². The molecule has 0 amide bonds. The predicted octanol–water partition coefficient (Wildman–Crippen LogP) is 2.21. The van der Waals surface area contributed by atoms with Crippen molar-refractivity contribution in [2.75, 3.05) is 19.8 Å². The number of hydrogen-bond donors (Lipinski definition) is 0. The Labute approximate surface area is 97.3 Å². The average Bonchev–Trinajstić information content (AvgIpc) is 2.56. The molecule has 3 unspecified atom stereocenters. The predicted molar refractivity (Wildman–Crippen MR) is 58.9 cm³/mol. The normalized spacial score (nSPS) is 38.8. The zero-order valence-corrected chi connectivity index (χ0v) is 10.9. The summed E-state index contributed by atoms with van der Waals surface area (Å²) < 4.78 is 27.5. The number of ether oxygens (including phenoxy) is 2. The Bertz CT molecular complexity index is 233. The first-order valence-corrected chi connectivity index (χ1v) is 6.69. The van der Waals surface area contributed by atoms with Gasteiger partial charge in [0.1, 0.15) is 6.10 Å². The maximum atomic E-state index is 5.62. The summed E-state index contributed by atoms with van der Waals surface area (Å²) in [7, 11) is -1.19. The van der Waals surface area contributed by atoms with Crippen molar-refractivity contribution in [2.24, 2.45) is 0 Å². The summed E-state index contributed by atoms with van der Waals surface area (Å²) in [6.07, 6.45) is 1.12. The molecule has 2 saturated heterocycles. The minimum atomic E-state index is -1.19. The zero-order valence-electron chi connectivity index (χ0n) is 9.97. The van der Waals surface area contributed by atoms with Crippen LogP contribution in [0.1, 0.15) is 27.2 Å². The minimum absolute atomic E-state index is 0.0260. The molecular formula is C10H19O5P. The Balaban J connectivity index is 1.68. The SMILES string of the molecule is CC1CCOP(OCC2COC(C)(C)O2)O1. The van der Waals surface area contributed by atoms with E-state index in [2.05, 4.69) is 0 Å². The van der Waals surface area contributed by atoms with Gasteiger partial charge in [-0.1, -0.05) is 0 Å². The smallest absolute Gasteiger partial charge is 0.333 e. The summed E-state index contributed by atoms with van der Waals surface area (Å²) in [5, 5.41) is 0. The van der Waals surface area contributed by atoms with Gasteiger partial charge in [0.25, 0.3) is 0 Å². The summed E-state index contributed by atoms with van der Waals surface area (Å²) in [6.45, 7) is 7.55. The molecule has 2 fully saturated rings. The second-order valence-electron chi connectivity index (χ2n) is 4.51. The lowest BCUT2D eigenvalue weighted by Gasteiger charge is -2.26. The average molecular weight is 250 g/mol. The van der Waals surface area contributed by atoms with Gasteiger partial charge < -0.3 is 23.0 Å². The van der Waals surface area contributed by atoms with Gasteiger partial charge in [0.05, 0.1) is 25.9 Å². The highest BCUT2D eigenvalue weighted by atomic mass is 31.2. The molecule has 2 aliphatic rings. The summed E-state index contributed by atoms with van der Waals surface area (Å²) >= 11 is 0. The topological polar surface area (TPSA) is 46.2 Å². The highest BCUT2D eigenvalue weighted by Gasteiger charge is 2.34. The first kappa shape index (κ1) is 12.7. The molecule has 0 aromatic rings. The van der Waals surface area contributed by atoms with E-state index in [0.717, 1.165) is 6.42 Å². The molecule has 94 valence electrons. The van der Waals surface area contributed by atoms with Gasteiger partial charge in [-0.15, -0.1) is 0 Å². The second kappa shape index (κ2) is 5.25. The van der Waals surface area contributed by atoms with Crippen LogP contribution < -0.4 is 0 Å². The van der Waals surface area contributed by atoms with E-state index >= 15 is 0 Å². The molecule has 3 atom stereocenters. The molecule has 2 heterocycles. The third-order valence-electron chi connectivity index (χ3n) is 2.42. The molecule has 16 heavy (non-hydrogen) atoms. The highest BCUT2D eigenvalue weighted by molar-refractivity contribution is 7.41. The third kappa shape index (κ3) is 3.62. The van der Waals surface area contributed by atoms with Gasteiger partial charge in [0.15, 0.2) is 5.79 Å². The summed E-state index contributed by atoms with van der Waals surface area (Å²) in [5.41, 5.74) is 0. The lowest BCUT2D eigenvalue weighted by atomic mass is 10.3. The van der Waals surface area contributed by atoms with Gasteiger partial charge in [0, 0.05) is 0 Å². The van der Waals surface area contributed by atoms with Crippen LogP contribution in [0.15, 0.2) is 0 Å². The molecule has 0 saturated carbocycles. The van der Waals surface area contributed by atoms with Crippen LogP contribution in [0.4, 0.5) is 0 Å². The molecule has 6 heteroatoms. The molecule has 0 radical (unpaired) electrons. The summed E-state index contributed by atoms with van der Waals surface area (Å²) in [4.78, 5) is 0. The lowest BCUT2D eigenvalue weighted by molar-refractivity contribution is -0.142. The number of hydrogen-bond acceptors (Lipinski definition) is 5. The van der Waals surface area contributed by atoms with Gasteiger partial charge in [-0.25, -0.2) is 0 Å². The van der Waals surface area contributed by atoms with Crippen molar-refractivity contribution in [3.63, 3.8) is 0 Å². The Morgan fingerprint density at radius 1 is 1.44 bits per heavy atom. The van der Waals surface area contributed by atoms with E-state index < -0.39 is 14.4 Å². The van der Waals surface area contributed by atoms with Gasteiger partial charge in [-0.2, -0.15) is 0 Å². The fourth-order valence-corrected chi connectivity index (χ4v) is 2.72. The first-order valence-electron chi connectivity index (χ1n) is 5.60. The lowest BCUT2D eigenvalue weighted by Crippen LogP contribution is -2.24.